The smallest absolute Gasteiger partial charge is 0.264 e. The van der Waals surface area contributed by atoms with Crippen molar-refractivity contribution >= 4 is 27.3 Å². The Kier molecular flexibility index (Phi) is 5.71. The predicted molar refractivity (Wildman–Crippen MR) is 99.7 cm³/mol. The van der Waals surface area contributed by atoms with Gasteiger partial charge in [0.2, 0.25) is 0 Å². The van der Waals surface area contributed by atoms with Crippen molar-refractivity contribution in [1.82, 2.24) is 9.80 Å². The summed E-state index contributed by atoms with van der Waals surface area (Å²) in [6.07, 6.45) is 3.19. The Balaban J connectivity index is 2.00. The molecule has 1 aromatic carbocycles. The number of carbonyl (C=O) groups is 1. The molecule has 4 nitrogen and oxygen atoms in total. The topological polar surface area (TPSA) is 32.8 Å². The molecule has 0 bridgehead atoms. The molecule has 25 heavy (non-hydrogen) atoms. The molecule has 1 aliphatic heterocycles. The van der Waals surface area contributed by atoms with Crippen LogP contribution in [0.25, 0.3) is 10.1 Å². The summed E-state index contributed by atoms with van der Waals surface area (Å²) < 4.78 is 20.4. The minimum atomic E-state index is -0.289. The van der Waals surface area contributed by atoms with Crippen molar-refractivity contribution in [3.63, 3.8) is 0 Å². The molecule has 2 aromatic rings. The Morgan fingerprint density at radius 2 is 2.20 bits per heavy atom. The van der Waals surface area contributed by atoms with Crippen LogP contribution in [0.4, 0.5) is 4.39 Å². The second kappa shape index (κ2) is 7.81. The maximum atomic E-state index is 14.4. The van der Waals surface area contributed by atoms with Gasteiger partial charge in [0, 0.05) is 41.9 Å². The molecular formula is C19H25FN2O2S. The number of carbonyl (C=O) groups excluding carboxylic acids is 1. The number of hydrogen-bond acceptors (Lipinski definition) is 4. The molecule has 0 saturated carbocycles. The van der Waals surface area contributed by atoms with E-state index in [4.69, 9.17) is 4.74 Å². The molecule has 0 radical (unpaired) electrons. The van der Waals surface area contributed by atoms with Gasteiger partial charge in [-0.1, -0.05) is 6.07 Å². The molecule has 0 unspecified atom stereocenters. The molecule has 3 rings (SSSR count). The number of likely N-dealkylation sites (N-methyl/N-ethyl adjacent to an activating group) is 1. The van der Waals surface area contributed by atoms with Crippen molar-refractivity contribution in [3.05, 3.63) is 34.5 Å². The zero-order valence-corrected chi connectivity index (χ0v) is 15.9. The van der Waals surface area contributed by atoms with Gasteiger partial charge in [-0.2, -0.15) is 0 Å². The second-order valence-corrected chi connectivity index (χ2v) is 7.92. The SMILES string of the molecule is COCc1c(C(=O)N2CCCC[C@H]2CN(C)C)sc2cccc(F)c12. The minimum Gasteiger partial charge on any atom is -0.380 e. The van der Waals surface area contributed by atoms with Crippen LogP contribution in [0, 0.1) is 5.82 Å². The number of benzene rings is 1. The summed E-state index contributed by atoms with van der Waals surface area (Å²) in [4.78, 5) is 18.0. The van der Waals surface area contributed by atoms with Crippen molar-refractivity contribution in [2.24, 2.45) is 0 Å². The zero-order valence-electron chi connectivity index (χ0n) is 15.0. The van der Waals surface area contributed by atoms with Crippen LogP contribution in [0.3, 0.4) is 0 Å². The fourth-order valence-electron chi connectivity index (χ4n) is 3.63. The number of fused-ring (bicyclic) bond motifs is 1. The highest BCUT2D eigenvalue weighted by atomic mass is 32.1. The fourth-order valence-corrected chi connectivity index (χ4v) is 4.81. The fraction of sp³-hybridized carbons (Fsp3) is 0.526. The first-order valence-corrected chi connectivity index (χ1v) is 9.49. The second-order valence-electron chi connectivity index (χ2n) is 6.87. The van der Waals surface area contributed by atoms with Gasteiger partial charge in [-0.25, -0.2) is 4.39 Å². The summed E-state index contributed by atoms with van der Waals surface area (Å²) >= 11 is 1.38. The minimum absolute atomic E-state index is 0.0131. The normalized spacial score (nSPS) is 18.3. The Labute approximate surface area is 152 Å². The van der Waals surface area contributed by atoms with Gasteiger partial charge in [0.05, 0.1) is 11.5 Å². The summed E-state index contributed by atoms with van der Waals surface area (Å²) in [5.74, 6) is -0.275. The van der Waals surface area contributed by atoms with E-state index in [9.17, 15) is 9.18 Å². The van der Waals surface area contributed by atoms with E-state index in [0.717, 1.165) is 37.1 Å². The number of halogens is 1. The highest BCUT2D eigenvalue weighted by Crippen LogP contribution is 2.35. The molecule has 1 saturated heterocycles. The molecule has 1 aliphatic rings. The van der Waals surface area contributed by atoms with Gasteiger partial charge in [-0.3, -0.25) is 4.79 Å². The van der Waals surface area contributed by atoms with E-state index in [1.165, 1.54) is 17.4 Å². The molecule has 0 spiro atoms. The maximum absolute atomic E-state index is 14.4. The third-order valence-electron chi connectivity index (χ3n) is 4.71. The molecule has 136 valence electrons. The number of methoxy groups -OCH3 is 1. The van der Waals surface area contributed by atoms with Gasteiger partial charge in [0.15, 0.2) is 0 Å². The Hall–Kier alpha value is -1.50. The lowest BCUT2D eigenvalue weighted by molar-refractivity contribution is 0.0576. The molecule has 1 amide bonds. The largest absolute Gasteiger partial charge is 0.380 e. The van der Waals surface area contributed by atoms with E-state index in [1.807, 2.05) is 25.1 Å². The highest BCUT2D eigenvalue weighted by molar-refractivity contribution is 7.21. The quantitative estimate of drug-likeness (QED) is 0.810. The van der Waals surface area contributed by atoms with E-state index in [0.29, 0.717) is 15.8 Å². The van der Waals surface area contributed by atoms with Crippen LogP contribution in [-0.4, -0.2) is 56.0 Å². The van der Waals surface area contributed by atoms with Gasteiger partial charge in [-0.05, 0) is 45.5 Å². The number of piperidine rings is 1. The number of nitrogens with zero attached hydrogens (tertiary/aromatic N) is 2. The summed E-state index contributed by atoms with van der Waals surface area (Å²) in [5.41, 5.74) is 0.680. The van der Waals surface area contributed by atoms with Gasteiger partial charge in [-0.15, -0.1) is 11.3 Å². The Morgan fingerprint density at radius 1 is 1.40 bits per heavy atom. The summed E-state index contributed by atoms with van der Waals surface area (Å²) in [7, 11) is 5.64. The molecule has 2 heterocycles. The van der Waals surface area contributed by atoms with Crippen molar-refractivity contribution < 1.29 is 13.9 Å². The highest BCUT2D eigenvalue weighted by Gasteiger charge is 2.31. The zero-order chi connectivity index (χ0) is 18.0. The van der Waals surface area contributed by atoms with E-state index < -0.39 is 0 Å². The number of likely N-dealkylation sites (tertiary alicyclic amines) is 1. The lowest BCUT2D eigenvalue weighted by Gasteiger charge is -2.37. The van der Waals surface area contributed by atoms with Crippen molar-refractivity contribution in [2.45, 2.75) is 31.9 Å². The molecule has 1 aromatic heterocycles. The average Bonchev–Trinajstić information content (AvgIpc) is 2.94. The van der Waals surface area contributed by atoms with Gasteiger partial charge >= 0.3 is 0 Å². The molecule has 0 aliphatic carbocycles. The summed E-state index contributed by atoms with van der Waals surface area (Å²) in [6, 6.07) is 5.21. The first-order valence-electron chi connectivity index (χ1n) is 8.67. The number of hydrogen-bond donors (Lipinski definition) is 0. The number of amides is 1. The Morgan fingerprint density at radius 3 is 2.92 bits per heavy atom. The van der Waals surface area contributed by atoms with E-state index >= 15 is 0 Å². The third kappa shape index (κ3) is 3.71. The van der Waals surface area contributed by atoms with E-state index in [2.05, 4.69) is 4.90 Å². The first kappa shape index (κ1) is 18.3. The van der Waals surface area contributed by atoms with Crippen LogP contribution >= 0.6 is 11.3 Å². The molecular weight excluding hydrogens is 339 g/mol. The predicted octanol–water partition coefficient (Wildman–Crippen LogP) is 3.74. The van der Waals surface area contributed by atoms with Crippen LogP contribution in [0.15, 0.2) is 18.2 Å². The number of ether oxygens (including phenoxy) is 1. The first-order chi connectivity index (χ1) is 12.0. The van der Waals surface area contributed by atoms with Crippen molar-refractivity contribution in [2.75, 3.05) is 34.3 Å². The van der Waals surface area contributed by atoms with Gasteiger partial charge in [0.25, 0.3) is 5.91 Å². The molecule has 0 N–H and O–H groups in total. The van der Waals surface area contributed by atoms with E-state index in [-0.39, 0.29) is 24.4 Å². The van der Waals surface area contributed by atoms with Crippen LogP contribution in [0.1, 0.15) is 34.5 Å². The monoisotopic (exact) mass is 364 g/mol. The molecule has 6 heteroatoms. The van der Waals surface area contributed by atoms with E-state index in [1.54, 1.807) is 13.2 Å². The Bertz CT molecular complexity index is 759. The molecule has 1 fully saturated rings. The van der Waals surface area contributed by atoms with Crippen LogP contribution in [-0.2, 0) is 11.3 Å². The van der Waals surface area contributed by atoms with Crippen LogP contribution in [0.5, 0.6) is 0 Å². The lowest BCUT2D eigenvalue weighted by atomic mass is 10.0. The average molecular weight is 364 g/mol. The summed E-state index contributed by atoms with van der Waals surface area (Å²) in [5, 5.41) is 0.527. The standard InChI is InChI=1S/C19H25FN2O2S/c1-21(2)11-13-7-4-5-10-22(13)19(23)18-14(12-24-3)17-15(20)8-6-9-16(17)25-18/h6,8-9,13H,4-5,7,10-12H2,1-3H3/t13-/m0/s1. The third-order valence-corrected chi connectivity index (χ3v) is 5.90. The van der Waals surface area contributed by atoms with Crippen molar-refractivity contribution in [1.29, 1.82) is 0 Å². The molecule has 1 atom stereocenters. The number of thiophene rings is 1. The summed E-state index contributed by atoms with van der Waals surface area (Å²) in [6.45, 7) is 1.86. The maximum Gasteiger partial charge on any atom is 0.264 e. The van der Waals surface area contributed by atoms with Crippen LogP contribution < -0.4 is 0 Å². The van der Waals surface area contributed by atoms with Gasteiger partial charge < -0.3 is 14.5 Å². The number of rotatable bonds is 5. The van der Waals surface area contributed by atoms with Gasteiger partial charge in [0.1, 0.15) is 5.82 Å². The lowest BCUT2D eigenvalue weighted by Crippen LogP contribution is -2.48. The van der Waals surface area contributed by atoms with Crippen LogP contribution in [0.2, 0.25) is 0 Å². The van der Waals surface area contributed by atoms with Crippen molar-refractivity contribution in [3.8, 4) is 0 Å².